The first-order chi connectivity index (χ1) is 11.1. The van der Waals surface area contributed by atoms with Gasteiger partial charge in [-0.25, -0.2) is 4.39 Å². The van der Waals surface area contributed by atoms with Crippen LogP contribution in [-0.4, -0.2) is 36.5 Å². The molecule has 2 aromatic carbocycles. The van der Waals surface area contributed by atoms with Crippen LogP contribution in [0.15, 0.2) is 52.7 Å². The van der Waals surface area contributed by atoms with E-state index in [0.29, 0.717) is 30.2 Å². The number of aliphatic hydroxyl groups is 2. The van der Waals surface area contributed by atoms with E-state index in [1.165, 1.54) is 12.1 Å². The van der Waals surface area contributed by atoms with Crippen LogP contribution in [0.25, 0.3) is 0 Å². The zero-order valence-corrected chi connectivity index (χ0v) is 12.6. The summed E-state index contributed by atoms with van der Waals surface area (Å²) in [5.74, 6) is -0.525. The van der Waals surface area contributed by atoms with Gasteiger partial charge in [-0.2, -0.15) is 5.11 Å². The van der Waals surface area contributed by atoms with Gasteiger partial charge in [-0.1, -0.05) is 0 Å². The molecule has 0 atom stereocenters. The maximum absolute atomic E-state index is 14.1. The van der Waals surface area contributed by atoms with Crippen LogP contribution >= 0.6 is 0 Å². The summed E-state index contributed by atoms with van der Waals surface area (Å²) in [6.45, 7) is 0.457. The number of aliphatic hydroxyl groups excluding tert-OH is 2. The second-order valence-electron chi connectivity index (χ2n) is 4.86. The molecule has 0 radical (unpaired) electrons. The van der Waals surface area contributed by atoms with Crippen LogP contribution in [0.1, 0.15) is 0 Å². The van der Waals surface area contributed by atoms with Crippen molar-refractivity contribution in [2.45, 2.75) is 0 Å². The van der Waals surface area contributed by atoms with Crippen molar-refractivity contribution in [2.24, 2.45) is 10.2 Å². The lowest BCUT2D eigenvalue weighted by molar-refractivity contribution is 0.281. The minimum Gasteiger partial charge on any atom is -0.399 e. The molecule has 0 aliphatic heterocycles. The summed E-state index contributed by atoms with van der Waals surface area (Å²) in [4.78, 5) is 1.68. The number of rotatable bonds is 7. The van der Waals surface area contributed by atoms with Crippen molar-refractivity contribution in [1.29, 1.82) is 0 Å². The fourth-order valence-electron chi connectivity index (χ4n) is 2.04. The van der Waals surface area contributed by atoms with Crippen molar-refractivity contribution in [2.75, 3.05) is 36.9 Å². The molecule has 0 heterocycles. The highest BCUT2D eigenvalue weighted by Crippen LogP contribution is 2.26. The Labute approximate surface area is 133 Å². The first-order valence-corrected chi connectivity index (χ1v) is 7.17. The van der Waals surface area contributed by atoms with Crippen molar-refractivity contribution in [3.8, 4) is 0 Å². The Hall–Kier alpha value is -2.51. The van der Waals surface area contributed by atoms with Crippen LogP contribution in [0.4, 0.5) is 27.1 Å². The van der Waals surface area contributed by atoms with Gasteiger partial charge in [-0.05, 0) is 42.5 Å². The van der Waals surface area contributed by atoms with E-state index >= 15 is 0 Å². The average Bonchev–Trinajstić information content (AvgIpc) is 2.55. The van der Waals surface area contributed by atoms with E-state index in [1.54, 1.807) is 35.2 Å². The maximum atomic E-state index is 14.1. The molecular formula is C16H19FN4O2. The third-order valence-electron chi connectivity index (χ3n) is 3.20. The summed E-state index contributed by atoms with van der Waals surface area (Å²) >= 11 is 0. The number of azo groups is 1. The molecule has 2 aromatic rings. The summed E-state index contributed by atoms with van der Waals surface area (Å²) in [5, 5.41) is 25.9. The summed E-state index contributed by atoms with van der Waals surface area (Å²) in [5.41, 5.74) is 7.45. The Balaban J connectivity index is 2.16. The predicted octanol–water partition coefficient (Wildman–Crippen LogP) is 2.61. The van der Waals surface area contributed by atoms with Gasteiger partial charge < -0.3 is 20.8 Å². The van der Waals surface area contributed by atoms with Crippen molar-refractivity contribution in [1.82, 2.24) is 0 Å². The van der Waals surface area contributed by atoms with E-state index in [9.17, 15) is 4.39 Å². The fourth-order valence-corrected chi connectivity index (χ4v) is 2.04. The van der Waals surface area contributed by atoms with Crippen molar-refractivity contribution in [3.63, 3.8) is 0 Å². The topological polar surface area (TPSA) is 94.4 Å². The predicted molar refractivity (Wildman–Crippen MR) is 87.8 cm³/mol. The summed E-state index contributed by atoms with van der Waals surface area (Å²) in [6.07, 6.45) is 0. The lowest BCUT2D eigenvalue weighted by Gasteiger charge is -2.23. The van der Waals surface area contributed by atoms with Crippen molar-refractivity contribution >= 4 is 22.7 Å². The van der Waals surface area contributed by atoms with Gasteiger partial charge in [0.15, 0.2) is 5.82 Å². The SMILES string of the molecule is Nc1ccc(N=Nc2ccc(N(CCO)CCO)cc2F)cc1. The summed E-state index contributed by atoms with van der Waals surface area (Å²) in [7, 11) is 0. The molecule has 0 unspecified atom stereocenters. The molecule has 0 aliphatic rings. The van der Waals surface area contributed by atoms with Gasteiger partial charge in [0.25, 0.3) is 0 Å². The Morgan fingerprint density at radius 1 is 0.957 bits per heavy atom. The van der Waals surface area contributed by atoms with Gasteiger partial charge in [-0.3, -0.25) is 0 Å². The van der Waals surface area contributed by atoms with Gasteiger partial charge in [0, 0.05) is 24.5 Å². The molecule has 0 aliphatic carbocycles. The van der Waals surface area contributed by atoms with Crippen molar-refractivity contribution in [3.05, 3.63) is 48.3 Å². The van der Waals surface area contributed by atoms with E-state index in [-0.39, 0.29) is 18.9 Å². The number of nitrogens with two attached hydrogens (primary N) is 1. The molecule has 0 amide bonds. The number of hydrogen-bond acceptors (Lipinski definition) is 6. The van der Waals surface area contributed by atoms with Crippen molar-refractivity contribution < 1.29 is 14.6 Å². The zero-order chi connectivity index (χ0) is 16.7. The monoisotopic (exact) mass is 318 g/mol. The lowest BCUT2D eigenvalue weighted by Crippen LogP contribution is -2.29. The second kappa shape index (κ2) is 8.21. The molecule has 23 heavy (non-hydrogen) atoms. The molecule has 0 spiro atoms. The second-order valence-corrected chi connectivity index (χ2v) is 4.86. The number of nitrogens with zero attached hydrogens (tertiary/aromatic N) is 3. The third kappa shape index (κ3) is 4.73. The van der Waals surface area contributed by atoms with Gasteiger partial charge in [0.05, 0.1) is 18.9 Å². The van der Waals surface area contributed by atoms with Crippen LogP contribution < -0.4 is 10.6 Å². The fraction of sp³-hybridized carbons (Fsp3) is 0.250. The third-order valence-corrected chi connectivity index (χ3v) is 3.20. The van der Waals surface area contributed by atoms with E-state index in [4.69, 9.17) is 15.9 Å². The van der Waals surface area contributed by atoms with E-state index < -0.39 is 5.82 Å². The molecule has 7 heteroatoms. The van der Waals surface area contributed by atoms with Crippen LogP contribution in [0.5, 0.6) is 0 Å². The molecule has 4 N–H and O–H groups in total. The van der Waals surface area contributed by atoms with Crippen LogP contribution in [-0.2, 0) is 0 Å². The standard InChI is InChI=1S/C16H19FN4O2/c17-15-11-14(21(7-9-22)8-10-23)5-6-16(15)20-19-13-3-1-12(18)2-4-13/h1-6,11,22-23H,7-10,18H2. The lowest BCUT2D eigenvalue weighted by atomic mass is 10.2. The molecule has 0 fully saturated rings. The molecule has 0 aromatic heterocycles. The average molecular weight is 318 g/mol. The normalized spacial score (nSPS) is 11.1. The van der Waals surface area contributed by atoms with Crippen LogP contribution in [0, 0.1) is 5.82 Å². The zero-order valence-electron chi connectivity index (χ0n) is 12.6. The highest BCUT2D eigenvalue weighted by atomic mass is 19.1. The first-order valence-electron chi connectivity index (χ1n) is 7.17. The number of benzene rings is 2. The first kappa shape index (κ1) is 16.9. The van der Waals surface area contributed by atoms with E-state index in [1.807, 2.05) is 0 Å². The van der Waals surface area contributed by atoms with E-state index in [2.05, 4.69) is 10.2 Å². The smallest absolute Gasteiger partial charge is 0.152 e. The van der Waals surface area contributed by atoms with Gasteiger partial charge in [0.2, 0.25) is 0 Å². The molecule has 0 saturated carbocycles. The number of nitrogen functional groups attached to an aromatic ring is 1. The summed E-state index contributed by atoms with van der Waals surface area (Å²) in [6, 6.07) is 11.2. The Morgan fingerprint density at radius 2 is 1.61 bits per heavy atom. The quantitative estimate of drug-likeness (QED) is 0.540. The number of halogens is 1. The Kier molecular flexibility index (Phi) is 6.02. The van der Waals surface area contributed by atoms with Crippen LogP contribution in [0.3, 0.4) is 0 Å². The molecule has 122 valence electrons. The van der Waals surface area contributed by atoms with Crippen LogP contribution in [0.2, 0.25) is 0 Å². The Morgan fingerprint density at radius 3 is 2.17 bits per heavy atom. The molecule has 0 saturated heterocycles. The number of anilines is 2. The highest BCUT2D eigenvalue weighted by Gasteiger charge is 2.09. The largest absolute Gasteiger partial charge is 0.399 e. The minimum absolute atomic E-state index is 0.0831. The van der Waals surface area contributed by atoms with E-state index in [0.717, 1.165) is 0 Å². The van der Waals surface area contributed by atoms with Gasteiger partial charge in [-0.15, -0.1) is 5.11 Å². The molecule has 2 rings (SSSR count). The molecular weight excluding hydrogens is 299 g/mol. The maximum Gasteiger partial charge on any atom is 0.152 e. The highest BCUT2D eigenvalue weighted by molar-refractivity contribution is 5.54. The summed E-state index contributed by atoms with van der Waals surface area (Å²) < 4.78 is 14.1. The number of hydrogen-bond donors (Lipinski definition) is 3. The molecule has 6 nitrogen and oxygen atoms in total. The van der Waals surface area contributed by atoms with Gasteiger partial charge in [0.1, 0.15) is 5.69 Å². The van der Waals surface area contributed by atoms with Gasteiger partial charge >= 0.3 is 0 Å². The minimum atomic E-state index is -0.525. The molecule has 0 bridgehead atoms. The Bertz CT molecular complexity index is 656.